The maximum absolute atomic E-state index is 3.87. The third-order valence-corrected chi connectivity index (χ3v) is 1.58. The van der Waals surface area contributed by atoms with Crippen LogP contribution >= 0.6 is 0 Å². The van der Waals surface area contributed by atoms with Crippen LogP contribution in [0.5, 0.6) is 0 Å². The summed E-state index contributed by atoms with van der Waals surface area (Å²) in [5, 5.41) is 13.6. The summed E-state index contributed by atoms with van der Waals surface area (Å²) in [4.78, 5) is 0. The van der Waals surface area contributed by atoms with Crippen LogP contribution in [0.4, 0.5) is 0 Å². The van der Waals surface area contributed by atoms with Gasteiger partial charge in [-0.25, -0.2) is 0 Å². The van der Waals surface area contributed by atoms with E-state index in [0.717, 1.165) is 11.1 Å². The Morgan fingerprint density at radius 3 is 3.08 bits per heavy atom. The van der Waals surface area contributed by atoms with Crippen molar-refractivity contribution in [2.45, 2.75) is 6.92 Å². The van der Waals surface area contributed by atoms with Gasteiger partial charge in [0.1, 0.15) is 0 Å². The quantitative estimate of drug-likeness (QED) is 0.667. The Morgan fingerprint density at radius 1 is 1.50 bits per heavy atom. The molecule has 1 heterocycles. The van der Waals surface area contributed by atoms with Gasteiger partial charge in [-0.05, 0) is 24.3 Å². The SMILES string of the molecule is Cc1c#cccc1-c1nn[nH]n1. The van der Waals surface area contributed by atoms with E-state index in [1.165, 1.54) is 0 Å². The van der Waals surface area contributed by atoms with Crippen LogP contribution in [0, 0.1) is 19.1 Å². The van der Waals surface area contributed by atoms with Gasteiger partial charge in [0.25, 0.3) is 0 Å². The zero-order valence-electron chi connectivity index (χ0n) is 6.50. The summed E-state index contributed by atoms with van der Waals surface area (Å²) in [6, 6.07) is 9.46. The largest absolute Gasteiger partial charge is 0.205 e. The van der Waals surface area contributed by atoms with Gasteiger partial charge in [-0.15, -0.1) is 10.2 Å². The van der Waals surface area contributed by atoms with Crippen LogP contribution in [0.15, 0.2) is 12.1 Å². The summed E-state index contributed by atoms with van der Waals surface area (Å²) in [6.07, 6.45) is 0. The molecule has 0 spiro atoms. The molecule has 2 aromatic rings. The minimum absolute atomic E-state index is 0.595. The van der Waals surface area contributed by atoms with Crippen LogP contribution in [-0.4, -0.2) is 20.6 Å². The lowest BCUT2D eigenvalue weighted by Gasteiger charge is -1.93. The van der Waals surface area contributed by atoms with E-state index in [2.05, 4.69) is 32.8 Å². The topological polar surface area (TPSA) is 54.5 Å². The number of nitrogens with one attached hydrogen (secondary N) is 1. The Kier molecular flexibility index (Phi) is 1.49. The molecule has 12 heavy (non-hydrogen) atoms. The van der Waals surface area contributed by atoms with Crippen molar-refractivity contribution in [2.75, 3.05) is 0 Å². The van der Waals surface area contributed by atoms with Gasteiger partial charge in [-0.2, -0.15) is 5.21 Å². The van der Waals surface area contributed by atoms with E-state index in [0.29, 0.717) is 5.82 Å². The highest BCUT2D eigenvalue weighted by atomic mass is 15.5. The second kappa shape index (κ2) is 2.62. The normalized spacial score (nSPS) is 9.42. The van der Waals surface area contributed by atoms with E-state index in [4.69, 9.17) is 0 Å². The third kappa shape index (κ3) is 1.01. The van der Waals surface area contributed by atoms with Gasteiger partial charge in [0.15, 0.2) is 0 Å². The Morgan fingerprint density at radius 2 is 2.42 bits per heavy atom. The molecule has 1 N–H and O–H groups in total. The molecule has 0 fully saturated rings. The molecular weight excluding hydrogens is 152 g/mol. The van der Waals surface area contributed by atoms with E-state index in [9.17, 15) is 0 Å². The van der Waals surface area contributed by atoms with Crippen molar-refractivity contribution in [2.24, 2.45) is 0 Å². The van der Waals surface area contributed by atoms with Gasteiger partial charge in [0, 0.05) is 11.1 Å². The summed E-state index contributed by atoms with van der Waals surface area (Å²) in [5.74, 6) is 0.595. The van der Waals surface area contributed by atoms with Crippen LogP contribution in [-0.2, 0) is 0 Å². The Balaban J connectivity index is 2.55. The highest BCUT2D eigenvalue weighted by molar-refractivity contribution is 5.57. The summed E-state index contributed by atoms with van der Waals surface area (Å²) in [6.45, 7) is 1.93. The van der Waals surface area contributed by atoms with E-state index < -0.39 is 0 Å². The van der Waals surface area contributed by atoms with Crippen molar-refractivity contribution in [1.82, 2.24) is 20.6 Å². The second-order valence-corrected chi connectivity index (χ2v) is 2.38. The van der Waals surface area contributed by atoms with Gasteiger partial charge < -0.3 is 0 Å². The fourth-order valence-corrected chi connectivity index (χ4v) is 0.985. The predicted octanol–water partition coefficient (Wildman–Crippen LogP) is 0.775. The molecule has 0 saturated heterocycles. The average Bonchev–Trinajstić information content (AvgIpc) is 2.57. The lowest BCUT2D eigenvalue weighted by molar-refractivity contribution is 0.881. The molecule has 0 aliphatic carbocycles. The molecule has 2 rings (SSSR count). The first-order valence-corrected chi connectivity index (χ1v) is 3.51. The molecule has 0 aliphatic heterocycles. The molecule has 58 valence electrons. The molecule has 0 aliphatic rings. The van der Waals surface area contributed by atoms with Crippen LogP contribution in [0.2, 0.25) is 0 Å². The van der Waals surface area contributed by atoms with E-state index in [-0.39, 0.29) is 0 Å². The first kappa shape index (κ1) is 6.80. The Hall–Kier alpha value is -1.89. The number of H-pyrrole nitrogens is 1. The van der Waals surface area contributed by atoms with Crippen molar-refractivity contribution >= 4 is 0 Å². The number of aromatic nitrogens is 4. The van der Waals surface area contributed by atoms with E-state index >= 15 is 0 Å². The van der Waals surface area contributed by atoms with Crippen LogP contribution in [0.25, 0.3) is 11.4 Å². The molecule has 0 amide bonds. The Bertz CT molecular complexity index is 366. The van der Waals surface area contributed by atoms with Crippen molar-refractivity contribution < 1.29 is 0 Å². The fraction of sp³-hybridized carbons (Fsp3) is 0.125. The molecule has 1 aromatic heterocycles. The third-order valence-electron chi connectivity index (χ3n) is 1.58. The second-order valence-electron chi connectivity index (χ2n) is 2.38. The average molecular weight is 158 g/mol. The van der Waals surface area contributed by atoms with Crippen molar-refractivity contribution in [1.29, 1.82) is 0 Å². The molecule has 0 saturated carbocycles. The lowest BCUT2D eigenvalue weighted by atomic mass is 10.1. The molecule has 0 atom stereocenters. The minimum Gasteiger partial charge on any atom is -0.177 e. The highest BCUT2D eigenvalue weighted by Gasteiger charge is 2.03. The summed E-state index contributed by atoms with van der Waals surface area (Å²) in [7, 11) is 0. The number of nitrogens with zero attached hydrogens (tertiary/aromatic N) is 3. The van der Waals surface area contributed by atoms with Gasteiger partial charge in [-0.3, -0.25) is 0 Å². The highest BCUT2D eigenvalue weighted by Crippen LogP contribution is 2.14. The van der Waals surface area contributed by atoms with Gasteiger partial charge in [0.05, 0.1) is 0 Å². The molecular formula is C8H6N4. The van der Waals surface area contributed by atoms with Gasteiger partial charge in [-0.1, -0.05) is 12.1 Å². The first-order chi connectivity index (χ1) is 5.88. The number of rotatable bonds is 1. The Labute approximate surface area is 69.6 Å². The lowest BCUT2D eigenvalue weighted by Crippen LogP contribution is -1.83. The summed E-state index contributed by atoms with van der Waals surface area (Å²) in [5.41, 5.74) is 1.90. The molecule has 1 aromatic carbocycles. The van der Waals surface area contributed by atoms with E-state index in [1.54, 1.807) is 6.07 Å². The molecule has 4 heteroatoms. The van der Waals surface area contributed by atoms with Crippen molar-refractivity contribution in [3.8, 4) is 11.4 Å². The summed E-state index contributed by atoms with van der Waals surface area (Å²) >= 11 is 0. The fourth-order valence-electron chi connectivity index (χ4n) is 0.985. The predicted molar refractivity (Wildman–Crippen MR) is 42.0 cm³/mol. The molecule has 0 radical (unpaired) electrons. The van der Waals surface area contributed by atoms with Crippen molar-refractivity contribution in [3.63, 3.8) is 0 Å². The molecule has 0 bridgehead atoms. The summed E-state index contributed by atoms with van der Waals surface area (Å²) < 4.78 is 0. The number of hydrogen-bond acceptors (Lipinski definition) is 3. The zero-order chi connectivity index (χ0) is 8.39. The number of aromatic amines is 1. The monoisotopic (exact) mass is 158 g/mol. The van der Waals surface area contributed by atoms with Crippen LogP contribution in [0.3, 0.4) is 0 Å². The van der Waals surface area contributed by atoms with Gasteiger partial charge in [0.2, 0.25) is 5.82 Å². The van der Waals surface area contributed by atoms with Crippen molar-refractivity contribution in [3.05, 3.63) is 29.8 Å². The standard InChI is InChI=1S/C8H6N4/c1-6-4-2-3-5-7(6)8-9-11-12-10-8/h3,5H,1H3,(H,9,10,11,12). The minimum atomic E-state index is 0.595. The maximum atomic E-state index is 3.87. The van der Waals surface area contributed by atoms with Crippen LogP contribution < -0.4 is 0 Å². The number of hydrogen-bond donors (Lipinski definition) is 1. The number of tetrazole rings is 1. The van der Waals surface area contributed by atoms with Crippen LogP contribution in [0.1, 0.15) is 5.56 Å². The maximum Gasteiger partial charge on any atom is 0.205 e. The zero-order valence-corrected chi connectivity index (χ0v) is 6.50. The smallest absolute Gasteiger partial charge is 0.177 e. The molecule has 4 nitrogen and oxygen atoms in total. The van der Waals surface area contributed by atoms with E-state index in [1.807, 2.05) is 13.0 Å². The molecule has 0 unspecified atom stereocenters. The first-order valence-electron chi connectivity index (χ1n) is 3.51. The van der Waals surface area contributed by atoms with Gasteiger partial charge >= 0.3 is 0 Å².